The van der Waals surface area contributed by atoms with E-state index >= 15 is 0 Å². The largest absolute Gasteiger partial charge is 0.481 e. The van der Waals surface area contributed by atoms with Crippen LogP contribution < -0.4 is 5.73 Å². The minimum atomic E-state index is -0.788. The first-order valence-corrected chi connectivity index (χ1v) is 11.0. The van der Waals surface area contributed by atoms with Crippen LogP contribution in [0.2, 0.25) is 0 Å². The van der Waals surface area contributed by atoms with Crippen LogP contribution >= 0.6 is 0 Å². The number of carboxylic acids is 1. The van der Waals surface area contributed by atoms with Crippen LogP contribution in [0.25, 0.3) is 22.5 Å². The van der Waals surface area contributed by atoms with E-state index in [-0.39, 0.29) is 29.3 Å². The predicted octanol–water partition coefficient (Wildman–Crippen LogP) is 3.86. The summed E-state index contributed by atoms with van der Waals surface area (Å²) in [5.74, 6) is -1.55. The molecule has 0 unspecified atom stereocenters. The number of hydrogen-bond acceptors (Lipinski definition) is 6. The number of fused-ring (bicyclic) bond motifs is 1. The molecule has 1 aromatic carbocycles. The SMILES string of the molecule is CC(=O)c1c(N)n2ncc(-c3cnn(-c4ccc(F)cc4)c3)c2nc1[C@H]1CC[C@H](C(=O)O)CC1. The molecule has 4 aromatic rings. The molecule has 3 heterocycles. The Bertz CT molecular complexity index is 1400. The average Bonchev–Trinajstić information content (AvgIpc) is 3.46. The summed E-state index contributed by atoms with van der Waals surface area (Å²) in [5, 5.41) is 18.1. The van der Waals surface area contributed by atoms with Gasteiger partial charge in [0.2, 0.25) is 0 Å². The Morgan fingerprint density at radius 2 is 1.79 bits per heavy atom. The number of ketones is 1. The quantitative estimate of drug-likeness (QED) is 0.431. The van der Waals surface area contributed by atoms with E-state index in [0.717, 1.165) is 5.56 Å². The van der Waals surface area contributed by atoms with Crippen LogP contribution in [-0.4, -0.2) is 41.2 Å². The zero-order valence-corrected chi connectivity index (χ0v) is 18.5. The summed E-state index contributed by atoms with van der Waals surface area (Å²) < 4.78 is 16.3. The van der Waals surface area contributed by atoms with Crippen LogP contribution in [0.3, 0.4) is 0 Å². The van der Waals surface area contributed by atoms with E-state index in [9.17, 15) is 19.1 Å². The highest BCUT2D eigenvalue weighted by atomic mass is 19.1. The third-order valence-electron chi connectivity index (χ3n) is 6.51. The number of carboxylic acid groups (broad SMARTS) is 1. The molecule has 1 saturated carbocycles. The van der Waals surface area contributed by atoms with Gasteiger partial charge in [0, 0.05) is 23.2 Å². The number of nitrogens with zero attached hydrogens (tertiary/aromatic N) is 5. The molecule has 0 bridgehead atoms. The van der Waals surface area contributed by atoms with Crippen molar-refractivity contribution >= 4 is 23.2 Å². The van der Waals surface area contributed by atoms with Gasteiger partial charge < -0.3 is 10.8 Å². The molecular formula is C24H23FN6O3. The highest BCUT2D eigenvalue weighted by Gasteiger charge is 2.31. The van der Waals surface area contributed by atoms with Crippen LogP contribution in [0.5, 0.6) is 0 Å². The lowest BCUT2D eigenvalue weighted by atomic mass is 9.79. The van der Waals surface area contributed by atoms with E-state index in [1.807, 2.05) is 0 Å². The van der Waals surface area contributed by atoms with Crippen molar-refractivity contribution in [2.45, 2.75) is 38.5 Å². The Kier molecular flexibility index (Phi) is 5.35. The van der Waals surface area contributed by atoms with Crippen molar-refractivity contribution in [2.24, 2.45) is 5.92 Å². The number of nitrogen functional groups attached to an aromatic ring is 1. The first-order chi connectivity index (χ1) is 16.3. The number of hydrogen-bond donors (Lipinski definition) is 2. The minimum absolute atomic E-state index is 0.0634. The average molecular weight is 462 g/mol. The van der Waals surface area contributed by atoms with Crippen molar-refractivity contribution in [3.05, 3.63) is 59.9 Å². The van der Waals surface area contributed by atoms with Crippen molar-refractivity contribution in [1.82, 2.24) is 24.4 Å². The van der Waals surface area contributed by atoms with Gasteiger partial charge in [0.25, 0.3) is 0 Å². The fourth-order valence-electron chi connectivity index (χ4n) is 4.70. The van der Waals surface area contributed by atoms with Gasteiger partial charge in [0.1, 0.15) is 11.6 Å². The monoisotopic (exact) mass is 462 g/mol. The number of benzene rings is 1. The number of rotatable bonds is 5. The molecule has 174 valence electrons. The molecule has 1 aliphatic rings. The van der Waals surface area contributed by atoms with Crippen molar-refractivity contribution in [1.29, 1.82) is 0 Å². The smallest absolute Gasteiger partial charge is 0.306 e. The highest BCUT2D eigenvalue weighted by Crippen LogP contribution is 2.39. The maximum atomic E-state index is 13.3. The third kappa shape index (κ3) is 3.70. The van der Waals surface area contributed by atoms with Gasteiger partial charge in [-0.25, -0.2) is 14.1 Å². The van der Waals surface area contributed by atoms with Gasteiger partial charge in [-0.15, -0.1) is 0 Å². The molecule has 3 N–H and O–H groups in total. The molecular weight excluding hydrogens is 439 g/mol. The molecule has 0 atom stereocenters. The van der Waals surface area contributed by atoms with Crippen molar-refractivity contribution in [3.63, 3.8) is 0 Å². The molecule has 3 aromatic heterocycles. The lowest BCUT2D eigenvalue weighted by Gasteiger charge is -2.27. The molecule has 0 spiro atoms. The fourth-order valence-corrected chi connectivity index (χ4v) is 4.70. The molecule has 0 amide bonds. The van der Waals surface area contributed by atoms with E-state index in [4.69, 9.17) is 10.7 Å². The summed E-state index contributed by atoms with van der Waals surface area (Å²) in [7, 11) is 0. The molecule has 1 fully saturated rings. The zero-order valence-electron chi connectivity index (χ0n) is 18.5. The number of nitrogens with two attached hydrogens (primary N) is 1. The number of carbonyl (C=O) groups excluding carboxylic acids is 1. The second-order valence-electron chi connectivity index (χ2n) is 8.64. The molecule has 10 heteroatoms. The molecule has 0 radical (unpaired) electrons. The number of aliphatic carboxylic acids is 1. The van der Waals surface area contributed by atoms with E-state index in [1.54, 1.807) is 35.4 Å². The Morgan fingerprint density at radius 1 is 1.09 bits per heavy atom. The van der Waals surface area contributed by atoms with Gasteiger partial charge in [-0.1, -0.05) is 0 Å². The molecule has 0 aliphatic heterocycles. The van der Waals surface area contributed by atoms with Crippen LogP contribution in [0.15, 0.2) is 42.9 Å². The van der Waals surface area contributed by atoms with Crippen molar-refractivity contribution < 1.29 is 19.1 Å². The summed E-state index contributed by atoms with van der Waals surface area (Å²) in [6.07, 6.45) is 7.37. The Labute approximate surface area is 194 Å². The Balaban J connectivity index is 1.57. The summed E-state index contributed by atoms with van der Waals surface area (Å²) in [4.78, 5) is 28.7. The summed E-state index contributed by atoms with van der Waals surface area (Å²) in [5.41, 5.74) is 9.95. The van der Waals surface area contributed by atoms with Crippen molar-refractivity contribution in [3.8, 4) is 16.8 Å². The summed E-state index contributed by atoms with van der Waals surface area (Å²) >= 11 is 0. The molecule has 34 heavy (non-hydrogen) atoms. The first kappa shape index (κ1) is 21.7. The van der Waals surface area contributed by atoms with Crippen LogP contribution in [0, 0.1) is 11.7 Å². The van der Waals surface area contributed by atoms with Crippen LogP contribution in [-0.2, 0) is 4.79 Å². The lowest BCUT2D eigenvalue weighted by Crippen LogP contribution is -2.23. The number of halogens is 1. The predicted molar refractivity (Wildman–Crippen MR) is 122 cm³/mol. The highest BCUT2D eigenvalue weighted by molar-refractivity contribution is 6.00. The summed E-state index contributed by atoms with van der Waals surface area (Å²) in [6, 6.07) is 5.98. The van der Waals surface area contributed by atoms with E-state index in [1.165, 1.54) is 23.6 Å². The maximum Gasteiger partial charge on any atom is 0.306 e. The number of aromatic nitrogens is 5. The maximum absolute atomic E-state index is 13.3. The number of Topliss-reactive ketones (excluding diaryl/α,β-unsaturated/α-hetero) is 1. The van der Waals surface area contributed by atoms with Gasteiger partial charge in [0.15, 0.2) is 11.4 Å². The first-order valence-electron chi connectivity index (χ1n) is 11.0. The van der Waals surface area contributed by atoms with E-state index in [2.05, 4.69) is 10.2 Å². The molecule has 1 aliphatic carbocycles. The zero-order chi connectivity index (χ0) is 24.0. The van der Waals surface area contributed by atoms with Crippen LogP contribution in [0.4, 0.5) is 10.2 Å². The van der Waals surface area contributed by atoms with Gasteiger partial charge in [-0.2, -0.15) is 14.7 Å². The van der Waals surface area contributed by atoms with Gasteiger partial charge in [-0.05, 0) is 56.9 Å². The van der Waals surface area contributed by atoms with E-state index < -0.39 is 5.97 Å². The number of anilines is 1. The second-order valence-corrected chi connectivity index (χ2v) is 8.64. The van der Waals surface area contributed by atoms with Gasteiger partial charge in [0.05, 0.1) is 35.3 Å². The van der Waals surface area contributed by atoms with Gasteiger partial charge in [-0.3, -0.25) is 9.59 Å². The summed E-state index contributed by atoms with van der Waals surface area (Å²) in [6.45, 7) is 1.45. The van der Waals surface area contributed by atoms with E-state index in [0.29, 0.717) is 53.8 Å². The molecule has 9 nitrogen and oxygen atoms in total. The number of carbonyl (C=O) groups is 2. The second kappa shape index (κ2) is 8.36. The topological polar surface area (TPSA) is 128 Å². The van der Waals surface area contributed by atoms with Crippen LogP contribution in [0.1, 0.15) is 54.6 Å². The van der Waals surface area contributed by atoms with Gasteiger partial charge >= 0.3 is 5.97 Å². The fraction of sp³-hybridized carbons (Fsp3) is 0.292. The third-order valence-corrected chi connectivity index (χ3v) is 6.51. The Morgan fingerprint density at radius 3 is 2.44 bits per heavy atom. The normalized spacial score (nSPS) is 18.3. The lowest BCUT2D eigenvalue weighted by molar-refractivity contribution is -0.142. The Hall–Kier alpha value is -4.08. The molecule has 0 saturated heterocycles. The standard InChI is InChI=1S/C24H23FN6O3/c1-13(32)20-21(14-2-4-15(5-3-14)24(33)34)29-23-19(11-28-31(23)22(20)26)16-10-27-30(12-16)18-8-6-17(25)7-9-18/h6-12,14-15H,2-5,26H2,1H3,(H,33,34)/t14-,15-. The minimum Gasteiger partial charge on any atom is -0.481 e. The van der Waals surface area contributed by atoms with Crippen molar-refractivity contribution in [2.75, 3.05) is 5.73 Å². The molecule has 5 rings (SSSR count).